The van der Waals surface area contributed by atoms with E-state index in [0.29, 0.717) is 13.1 Å². The molecule has 2 aromatic rings. The lowest BCUT2D eigenvalue weighted by atomic mass is 9.52. The molecule has 38 heavy (non-hydrogen) atoms. The van der Waals surface area contributed by atoms with Gasteiger partial charge >= 0.3 is 0 Å². The number of nitrogens with one attached hydrogen (secondary N) is 1. The fraction of sp³-hybridized carbons (Fsp3) is 0.667. The van der Waals surface area contributed by atoms with Crippen molar-refractivity contribution in [3.8, 4) is 0 Å². The summed E-state index contributed by atoms with van der Waals surface area (Å²) in [5.74, 6) is 5.90. The predicted octanol–water partition coefficient (Wildman–Crippen LogP) is 3.06. The number of aromatic nitrogens is 3. The Kier molecular flexibility index (Phi) is 6.78. The monoisotopic (exact) mass is 515 g/mol. The highest BCUT2D eigenvalue weighted by Crippen LogP contribution is 2.56. The summed E-state index contributed by atoms with van der Waals surface area (Å²) in [4.78, 5) is 33.6. The molecule has 4 bridgehead atoms. The molecule has 0 spiro atoms. The van der Waals surface area contributed by atoms with Gasteiger partial charge < -0.3 is 10.2 Å². The molecule has 8 rings (SSSR count). The summed E-state index contributed by atoms with van der Waals surface area (Å²) in [5.41, 5.74) is 3.36. The van der Waals surface area contributed by atoms with E-state index in [1.165, 1.54) is 37.7 Å². The van der Waals surface area contributed by atoms with Crippen molar-refractivity contribution in [1.29, 1.82) is 0 Å². The van der Waals surface area contributed by atoms with Crippen LogP contribution in [0.15, 0.2) is 30.7 Å². The molecular formula is C30H41N7O. The molecule has 4 aliphatic carbocycles. The van der Waals surface area contributed by atoms with Gasteiger partial charge in [0.25, 0.3) is 0 Å². The van der Waals surface area contributed by atoms with Crippen molar-refractivity contribution < 1.29 is 4.79 Å². The summed E-state index contributed by atoms with van der Waals surface area (Å²) < 4.78 is 0. The van der Waals surface area contributed by atoms with Gasteiger partial charge in [-0.3, -0.25) is 19.6 Å². The van der Waals surface area contributed by atoms with E-state index in [1.54, 1.807) is 6.33 Å². The average molecular weight is 516 g/mol. The largest absolute Gasteiger partial charge is 0.369 e. The van der Waals surface area contributed by atoms with Gasteiger partial charge in [0.05, 0.1) is 24.5 Å². The van der Waals surface area contributed by atoms with Gasteiger partial charge in [0.15, 0.2) is 0 Å². The van der Waals surface area contributed by atoms with Crippen LogP contribution >= 0.6 is 0 Å². The minimum Gasteiger partial charge on any atom is -0.369 e. The second-order valence-electron chi connectivity index (χ2n) is 12.6. The first-order valence-electron chi connectivity index (χ1n) is 14.9. The summed E-state index contributed by atoms with van der Waals surface area (Å²) >= 11 is 0. The number of carbonyl (C=O) groups is 1. The zero-order valence-electron chi connectivity index (χ0n) is 22.5. The number of nitrogens with zero attached hydrogens (tertiary/aromatic N) is 6. The minimum atomic E-state index is 0.218. The quantitative estimate of drug-likeness (QED) is 0.607. The third kappa shape index (κ3) is 5.05. The Bertz CT molecular complexity index is 1100. The minimum absolute atomic E-state index is 0.218. The molecule has 0 atom stereocenters. The number of carbonyl (C=O) groups excluding carboxylic acids is 1. The third-order valence-electron chi connectivity index (χ3n) is 10.2. The molecule has 0 radical (unpaired) electrons. The van der Waals surface area contributed by atoms with E-state index in [0.717, 1.165) is 99.0 Å². The number of fused-ring (bicyclic) bond motifs is 1. The van der Waals surface area contributed by atoms with E-state index in [4.69, 9.17) is 0 Å². The van der Waals surface area contributed by atoms with Crippen molar-refractivity contribution in [2.24, 2.45) is 29.6 Å². The van der Waals surface area contributed by atoms with Crippen molar-refractivity contribution in [2.45, 2.75) is 51.6 Å². The Hall–Kier alpha value is -2.58. The molecule has 4 heterocycles. The molecule has 8 nitrogen and oxygen atoms in total. The molecule has 202 valence electrons. The topological polar surface area (TPSA) is 77.5 Å². The summed E-state index contributed by atoms with van der Waals surface area (Å²) in [6.07, 6.45) is 11.7. The second-order valence-corrected chi connectivity index (χ2v) is 12.6. The lowest BCUT2D eigenvalue weighted by Gasteiger charge is -2.54. The van der Waals surface area contributed by atoms with Gasteiger partial charge in [-0.05, 0) is 80.2 Å². The first-order valence-corrected chi connectivity index (χ1v) is 14.9. The van der Waals surface area contributed by atoms with Crippen LogP contribution in [0.1, 0.15) is 49.1 Å². The van der Waals surface area contributed by atoms with Crippen molar-refractivity contribution in [2.75, 3.05) is 51.1 Å². The number of piperazine rings is 1. The highest BCUT2D eigenvalue weighted by molar-refractivity contribution is 5.78. The van der Waals surface area contributed by atoms with Gasteiger partial charge in [-0.25, -0.2) is 9.97 Å². The van der Waals surface area contributed by atoms with Crippen LogP contribution in [0.2, 0.25) is 0 Å². The average Bonchev–Trinajstić information content (AvgIpc) is 2.93. The second kappa shape index (κ2) is 10.5. The van der Waals surface area contributed by atoms with Crippen LogP contribution in [0.3, 0.4) is 0 Å². The summed E-state index contributed by atoms with van der Waals surface area (Å²) in [6, 6.07) is 6.08. The molecular weight excluding hydrogens is 474 g/mol. The Morgan fingerprint density at radius 1 is 0.895 bits per heavy atom. The molecule has 2 aliphatic heterocycles. The van der Waals surface area contributed by atoms with E-state index in [-0.39, 0.29) is 5.91 Å². The van der Waals surface area contributed by atoms with E-state index < -0.39 is 0 Å². The molecule has 8 heteroatoms. The molecule has 1 amide bonds. The lowest BCUT2D eigenvalue weighted by molar-refractivity contribution is -0.133. The van der Waals surface area contributed by atoms with E-state index in [1.807, 2.05) is 23.2 Å². The van der Waals surface area contributed by atoms with Crippen LogP contribution in [0, 0.1) is 29.6 Å². The fourth-order valence-electron chi connectivity index (χ4n) is 8.42. The maximum absolute atomic E-state index is 13.2. The van der Waals surface area contributed by atoms with Gasteiger partial charge in [-0.1, -0.05) is 6.07 Å². The summed E-state index contributed by atoms with van der Waals surface area (Å²) in [5, 5.41) is 3.76. The Balaban J connectivity index is 0.909. The van der Waals surface area contributed by atoms with Crippen molar-refractivity contribution in [3.05, 3.63) is 47.7 Å². The lowest BCUT2D eigenvalue weighted by Crippen LogP contribution is -2.50. The van der Waals surface area contributed by atoms with E-state index in [2.05, 4.69) is 36.1 Å². The molecule has 0 unspecified atom stereocenters. The molecule has 1 N–H and O–H groups in total. The van der Waals surface area contributed by atoms with Crippen molar-refractivity contribution in [3.63, 3.8) is 0 Å². The number of hydrogen-bond donors (Lipinski definition) is 1. The Morgan fingerprint density at radius 2 is 1.66 bits per heavy atom. The maximum atomic E-state index is 13.2. The smallest absolute Gasteiger partial charge is 0.237 e. The zero-order chi connectivity index (χ0) is 25.5. The highest BCUT2D eigenvalue weighted by Gasteiger charge is 2.47. The van der Waals surface area contributed by atoms with Crippen molar-refractivity contribution in [1.82, 2.24) is 29.7 Å². The van der Waals surface area contributed by atoms with Gasteiger partial charge in [0.1, 0.15) is 12.1 Å². The summed E-state index contributed by atoms with van der Waals surface area (Å²) in [6.45, 7) is 7.56. The Labute approximate surface area is 226 Å². The number of pyridine rings is 1. The predicted molar refractivity (Wildman–Crippen MR) is 146 cm³/mol. The van der Waals surface area contributed by atoms with Gasteiger partial charge in [0, 0.05) is 57.6 Å². The normalized spacial score (nSPS) is 30.8. The molecule has 5 fully saturated rings. The maximum Gasteiger partial charge on any atom is 0.237 e. The summed E-state index contributed by atoms with van der Waals surface area (Å²) in [7, 11) is 0. The highest BCUT2D eigenvalue weighted by atomic mass is 16.2. The van der Waals surface area contributed by atoms with Crippen LogP contribution < -0.4 is 5.32 Å². The van der Waals surface area contributed by atoms with Crippen LogP contribution in [0.25, 0.3) is 0 Å². The molecule has 4 saturated carbocycles. The van der Waals surface area contributed by atoms with E-state index >= 15 is 0 Å². The van der Waals surface area contributed by atoms with Gasteiger partial charge in [-0.2, -0.15) is 0 Å². The number of rotatable bonds is 7. The zero-order valence-corrected chi connectivity index (χ0v) is 22.5. The van der Waals surface area contributed by atoms with Crippen LogP contribution in [-0.2, 0) is 24.3 Å². The molecule has 0 aromatic carbocycles. The van der Waals surface area contributed by atoms with E-state index in [9.17, 15) is 4.79 Å². The first-order chi connectivity index (χ1) is 18.7. The number of amides is 1. The van der Waals surface area contributed by atoms with Gasteiger partial charge in [-0.15, -0.1) is 0 Å². The molecule has 6 aliphatic rings. The standard InChI is InChI=1S/C30H41N7O/c38-29(19-36-9-7-35(8-10-36)17-25-3-1-2-5-31-25)37-6-4-26-28(18-37)33-20-34-30(26)32-16-27-23-12-21-11-22(14-23)15-24(27)13-21/h1-3,5,20-24,27H,4,6-19H2,(H,32,33,34). The SMILES string of the molecule is O=C(CN1CCN(Cc2ccccn2)CC1)N1CCc2c(ncnc2NCC2C3CC4CC(C3)CC2C4)C1. The number of hydrogen-bond acceptors (Lipinski definition) is 7. The van der Waals surface area contributed by atoms with Gasteiger partial charge in [0.2, 0.25) is 5.91 Å². The first kappa shape index (κ1) is 24.5. The number of anilines is 1. The molecule has 1 saturated heterocycles. The van der Waals surface area contributed by atoms with Crippen molar-refractivity contribution >= 4 is 11.7 Å². The van der Waals surface area contributed by atoms with Crippen LogP contribution in [0.5, 0.6) is 0 Å². The molecule has 2 aromatic heterocycles. The van der Waals surface area contributed by atoms with Crippen LogP contribution in [0.4, 0.5) is 5.82 Å². The third-order valence-corrected chi connectivity index (χ3v) is 10.2. The van der Waals surface area contributed by atoms with Crippen LogP contribution in [-0.4, -0.2) is 81.4 Å². The Morgan fingerprint density at radius 3 is 2.39 bits per heavy atom. The fourth-order valence-corrected chi connectivity index (χ4v) is 8.42.